The Morgan fingerprint density at radius 1 is 1.19 bits per heavy atom. The van der Waals surface area contributed by atoms with Crippen molar-refractivity contribution in [2.24, 2.45) is 0 Å². The molecule has 0 aliphatic carbocycles. The summed E-state index contributed by atoms with van der Waals surface area (Å²) in [6, 6.07) is 14.8. The number of hydrogen-bond acceptors (Lipinski definition) is 3. The number of benzene rings is 2. The number of para-hydroxylation sites is 1. The van der Waals surface area contributed by atoms with Crippen molar-refractivity contribution in [2.45, 2.75) is 32.7 Å². The first kappa shape index (κ1) is 18.0. The summed E-state index contributed by atoms with van der Waals surface area (Å²) in [5, 5.41) is 2.94. The summed E-state index contributed by atoms with van der Waals surface area (Å²) in [4.78, 5) is 25.9. The SMILES string of the molecule is Cc1ccccc1OC[C@H](C)NC(=O)c1ccc(N2CCCC2=O)cc1. The van der Waals surface area contributed by atoms with Crippen LogP contribution in [-0.2, 0) is 4.79 Å². The van der Waals surface area contributed by atoms with Gasteiger partial charge in [-0.3, -0.25) is 9.59 Å². The van der Waals surface area contributed by atoms with Crippen LogP contribution in [0.4, 0.5) is 5.69 Å². The topological polar surface area (TPSA) is 58.6 Å². The zero-order chi connectivity index (χ0) is 18.5. The van der Waals surface area contributed by atoms with Crippen molar-refractivity contribution in [3.05, 3.63) is 59.7 Å². The fourth-order valence-corrected chi connectivity index (χ4v) is 3.00. The molecule has 0 aromatic heterocycles. The standard InChI is InChI=1S/C21H24N2O3/c1-15-6-3-4-7-19(15)26-14-16(2)22-21(25)17-9-11-18(12-10-17)23-13-5-8-20(23)24/h3-4,6-7,9-12,16H,5,8,13-14H2,1-2H3,(H,22,25)/t16-/m0/s1. The number of hydrogen-bond donors (Lipinski definition) is 1. The Labute approximate surface area is 154 Å². The summed E-state index contributed by atoms with van der Waals surface area (Å²) in [7, 11) is 0. The Morgan fingerprint density at radius 2 is 1.92 bits per heavy atom. The average Bonchev–Trinajstić information content (AvgIpc) is 3.07. The minimum atomic E-state index is -0.148. The maximum atomic E-state index is 12.4. The molecule has 5 heteroatoms. The van der Waals surface area contributed by atoms with Crippen LogP contribution in [-0.4, -0.2) is 31.0 Å². The Balaban J connectivity index is 1.54. The van der Waals surface area contributed by atoms with Gasteiger partial charge in [-0.25, -0.2) is 0 Å². The second-order valence-corrected chi connectivity index (χ2v) is 6.65. The fraction of sp³-hybridized carbons (Fsp3) is 0.333. The van der Waals surface area contributed by atoms with Gasteiger partial charge in [0.2, 0.25) is 5.91 Å². The van der Waals surface area contributed by atoms with Gasteiger partial charge in [0.05, 0.1) is 6.04 Å². The first-order chi connectivity index (χ1) is 12.5. The van der Waals surface area contributed by atoms with Crippen molar-refractivity contribution in [3.63, 3.8) is 0 Å². The lowest BCUT2D eigenvalue weighted by Crippen LogP contribution is -2.36. The van der Waals surface area contributed by atoms with E-state index in [4.69, 9.17) is 4.74 Å². The highest BCUT2D eigenvalue weighted by Gasteiger charge is 2.21. The summed E-state index contributed by atoms with van der Waals surface area (Å²) < 4.78 is 5.77. The van der Waals surface area contributed by atoms with Crippen LogP contribution in [0.25, 0.3) is 0 Å². The van der Waals surface area contributed by atoms with Crippen LogP contribution in [0.2, 0.25) is 0 Å². The van der Waals surface area contributed by atoms with Gasteiger partial charge in [0, 0.05) is 24.2 Å². The monoisotopic (exact) mass is 352 g/mol. The second-order valence-electron chi connectivity index (χ2n) is 6.65. The molecule has 1 saturated heterocycles. The van der Waals surface area contributed by atoms with Gasteiger partial charge in [-0.15, -0.1) is 0 Å². The highest BCUT2D eigenvalue weighted by atomic mass is 16.5. The van der Waals surface area contributed by atoms with Crippen molar-refractivity contribution >= 4 is 17.5 Å². The number of carbonyl (C=O) groups excluding carboxylic acids is 2. The molecule has 1 fully saturated rings. The lowest BCUT2D eigenvalue weighted by molar-refractivity contribution is -0.117. The molecule has 0 bridgehead atoms. The molecule has 1 heterocycles. The van der Waals surface area contributed by atoms with E-state index < -0.39 is 0 Å². The van der Waals surface area contributed by atoms with Crippen molar-refractivity contribution in [3.8, 4) is 5.75 Å². The van der Waals surface area contributed by atoms with Crippen LogP contribution >= 0.6 is 0 Å². The molecule has 26 heavy (non-hydrogen) atoms. The third-order valence-corrected chi connectivity index (χ3v) is 4.47. The van der Waals surface area contributed by atoms with Gasteiger partial charge in [0.15, 0.2) is 0 Å². The number of nitrogens with zero attached hydrogens (tertiary/aromatic N) is 1. The molecule has 2 aromatic rings. The van der Waals surface area contributed by atoms with Crippen molar-refractivity contribution in [2.75, 3.05) is 18.1 Å². The summed E-state index contributed by atoms with van der Waals surface area (Å²) in [6.45, 7) is 5.05. The second kappa shape index (κ2) is 8.04. The van der Waals surface area contributed by atoms with E-state index in [0.717, 1.165) is 30.0 Å². The van der Waals surface area contributed by atoms with E-state index in [1.54, 1.807) is 17.0 Å². The average molecular weight is 352 g/mol. The molecule has 2 amide bonds. The molecule has 1 N–H and O–H groups in total. The van der Waals surface area contributed by atoms with Crippen molar-refractivity contribution in [1.29, 1.82) is 0 Å². The Morgan fingerprint density at radius 3 is 2.58 bits per heavy atom. The lowest BCUT2D eigenvalue weighted by Gasteiger charge is -2.17. The number of carbonyl (C=O) groups is 2. The molecule has 1 aliphatic rings. The molecule has 1 atom stereocenters. The highest BCUT2D eigenvalue weighted by Crippen LogP contribution is 2.21. The molecule has 0 spiro atoms. The lowest BCUT2D eigenvalue weighted by atomic mass is 10.1. The molecule has 3 rings (SSSR count). The molecular formula is C21H24N2O3. The van der Waals surface area contributed by atoms with Crippen molar-refractivity contribution < 1.29 is 14.3 Å². The first-order valence-electron chi connectivity index (χ1n) is 8.94. The maximum Gasteiger partial charge on any atom is 0.251 e. The normalized spacial score (nSPS) is 15.0. The van der Waals surface area contributed by atoms with E-state index in [2.05, 4.69) is 5.32 Å². The highest BCUT2D eigenvalue weighted by molar-refractivity contribution is 5.97. The van der Waals surface area contributed by atoms with Gasteiger partial charge in [-0.2, -0.15) is 0 Å². The Bertz CT molecular complexity index is 786. The third kappa shape index (κ3) is 4.23. The summed E-state index contributed by atoms with van der Waals surface area (Å²) >= 11 is 0. The Kier molecular flexibility index (Phi) is 5.56. The minimum Gasteiger partial charge on any atom is -0.491 e. The minimum absolute atomic E-state index is 0.123. The molecule has 2 aromatic carbocycles. The van der Waals surface area contributed by atoms with E-state index >= 15 is 0 Å². The van der Waals surface area contributed by atoms with Gasteiger partial charge in [-0.05, 0) is 56.2 Å². The summed E-state index contributed by atoms with van der Waals surface area (Å²) in [6.07, 6.45) is 1.49. The predicted octanol–water partition coefficient (Wildman–Crippen LogP) is 3.32. The van der Waals surface area contributed by atoms with E-state index in [1.165, 1.54) is 0 Å². The van der Waals surface area contributed by atoms with E-state index in [0.29, 0.717) is 18.6 Å². The van der Waals surface area contributed by atoms with Crippen LogP contribution in [0.15, 0.2) is 48.5 Å². The summed E-state index contributed by atoms with van der Waals surface area (Å²) in [5.74, 6) is 0.822. The van der Waals surface area contributed by atoms with Crippen LogP contribution in [0.3, 0.4) is 0 Å². The molecule has 136 valence electrons. The molecule has 0 radical (unpaired) electrons. The molecule has 1 aliphatic heterocycles. The van der Waals surface area contributed by atoms with Crippen LogP contribution < -0.4 is 15.0 Å². The fourth-order valence-electron chi connectivity index (χ4n) is 3.00. The maximum absolute atomic E-state index is 12.4. The van der Waals surface area contributed by atoms with Crippen LogP contribution in [0, 0.1) is 6.92 Å². The van der Waals surface area contributed by atoms with Crippen LogP contribution in [0.5, 0.6) is 5.75 Å². The number of amides is 2. The molecule has 5 nitrogen and oxygen atoms in total. The zero-order valence-electron chi connectivity index (χ0n) is 15.2. The summed E-state index contributed by atoms with van der Waals surface area (Å²) in [5.41, 5.74) is 2.49. The molecular weight excluding hydrogens is 328 g/mol. The van der Waals surface area contributed by atoms with Gasteiger partial charge < -0.3 is 15.0 Å². The zero-order valence-corrected chi connectivity index (χ0v) is 15.2. The molecule has 0 unspecified atom stereocenters. The van der Waals surface area contributed by atoms with Gasteiger partial charge in [0.1, 0.15) is 12.4 Å². The number of ether oxygens (including phenoxy) is 1. The van der Waals surface area contributed by atoms with Gasteiger partial charge in [-0.1, -0.05) is 18.2 Å². The Hall–Kier alpha value is -2.82. The number of nitrogens with one attached hydrogen (secondary N) is 1. The predicted molar refractivity (Wildman–Crippen MR) is 102 cm³/mol. The van der Waals surface area contributed by atoms with Crippen molar-refractivity contribution in [1.82, 2.24) is 5.32 Å². The largest absolute Gasteiger partial charge is 0.491 e. The third-order valence-electron chi connectivity index (χ3n) is 4.47. The quantitative estimate of drug-likeness (QED) is 0.868. The van der Waals surface area contributed by atoms with E-state index in [9.17, 15) is 9.59 Å². The van der Waals surface area contributed by atoms with E-state index in [-0.39, 0.29) is 17.9 Å². The van der Waals surface area contributed by atoms with Gasteiger partial charge >= 0.3 is 0 Å². The number of aryl methyl sites for hydroxylation is 1. The molecule has 0 saturated carbocycles. The van der Waals surface area contributed by atoms with E-state index in [1.807, 2.05) is 50.2 Å². The smallest absolute Gasteiger partial charge is 0.251 e. The number of rotatable bonds is 6. The number of anilines is 1. The van der Waals surface area contributed by atoms with Crippen LogP contribution in [0.1, 0.15) is 35.7 Å². The van der Waals surface area contributed by atoms with Gasteiger partial charge in [0.25, 0.3) is 5.91 Å². The first-order valence-corrected chi connectivity index (χ1v) is 8.94.